The molecule has 0 amide bonds. The molecule has 2 aromatic carbocycles. The lowest BCUT2D eigenvalue weighted by Crippen LogP contribution is -2.50. The minimum absolute atomic E-state index is 0.0518. The summed E-state index contributed by atoms with van der Waals surface area (Å²) in [5.74, 6) is 1.21. The second kappa shape index (κ2) is 12.9. The normalized spacial score (nSPS) is 22.8. The van der Waals surface area contributed by atoms with Crippen LogP contribution in [-0.2, 0) is 16.1 Å². The first-order valence-electron chi connectivity index (χ1n) is 9.59. The lowest BCUT2D eigenvalue weighted by molar-refractivity contribution is -0.248. The lowest BCUT2D eigenvalue weighted by atomic mass is 10.0. The topological polar surface area (TPSA) is 115 Å². The van der Waals surface area contributed by atoms with Crippen molar-refractivity contribution < 1.29 is 39.1 Å². The Hall–Kier alpha value is -1.76. The number of ether oxygens (including phenoxy) is 4. The van der Waals surface area contributed by atoms with E-state index in [1.165, 1.54) is 7.11 Å². The molecule has 1 heterocycles. The molecule has 0 aromatic heterocycles. The van der Waals surface area contributed by atoms with Gasteiger partial charge in [-0.25, -0.2) is 0 Å². The van der Waals surface area contributed by atoms with Crippen LogP contribution in [0.25, 0.3) is 0 Å². The maximum Gasteiger partial charge on any atom is 0.226 e. The second-order valence-electron chi connectivity index (χ2n) is 6.73. The average molecular weight is 546 g/mol. The van der Waals surface area contributed by atoms with Gasteiger partial charge in [-0.15, -0.1) is 0 Å². The largest absolute Gasteiger partial charge is 0.496 e. The Morgan fingerprint density at radius 1 is 1.16 bits per heavy atom. The van der Waals surface area contributed by atoms with E-state index in [0.717, 1.165) is 5.56 Å². The van der Waals surface area contributed by atoms with E-state index in [0.29, 0.717) is 23.7 Å². The molecule has 0 saturated carbocycles. The van der Waals surface area contributed by atoms with E-state index in [-0.39, 0.29) is 16.8 Å². The summed E-state index contributed by atoms with van der Waals surface area (Å²) in [7, 11) is 2.99. The van der Waals surface area contributed by atoms with E-state index in [1.54, 1.807) is 47.9 Å². The highest BCUT2D eigenvalue weighted by Gasteiger charge is 2.36. The molecule has 4 atom stereocenters. The molecule has 0 bridgehead atoms. The van der Waals surface area contributed by atoms with Gasteiger partial charge in [0.05, 0.1) is 25.4 Å². The maximum absolute atomic E-state index is 11.4. The molecule has 2 aromatic rings. The van der Waals surface area contributed by atoms with Gasteiger partial charge in [-0.05, 0) is 17.7 Å². The number of carbonyl (C=O) groups is 1. The van der Waals surface area contributed by atoms with E-state index >= 15 is 0 Å². The van der Waals surface area contributed by atoms with Crippen molar-refractivity contribution in [1.29, 1.82) is 0 Å². The van der Waals surface area contributed by atoms with E-state index in [2.05, 4.69) is 0 Å². The Morgan fingerprint density at radius 2 is 1.87 bits per heavy atom. The van der Waals surface area contributed by atoms with Crippen LogP contribution in [0.2, 0.25) is 0 Å². The molecule has 31 heavy (non-hydrogen) atoms. The minimum Gasteiger partial charge on any atom is -0.496 e. The third-order valence-corrected chi connectivity index (χ3v) is 5.19. The summed E-state index contributed by atoms with van der Waals surface area (Å²) in [6.07, 6.45) is -2.98. The van der Waals surface area contributed by atoms with Crippen molar-refractivity contribution in [2.24, 2.45) is 0 Å². The number of hydrogen-bond donors (Lipinski definition) is 3. The summed E-state index contributed by atoms with van der Waals surface area (Å²) in [4.78, 5) is 11.4. The Morgan fingerprint density at radius 3 is 2.45 bits per heavy atom. The van der Waals surface area contributed by atoms with Crippen molar-refractivity contribution in [1.82, 2.24) is 0 Å². The highest BCUT2D eigenvalue weighted by atomic mass is 127. The van der Waals surface area contributed by atoms with Crippen LogP contribution < -0.4 is 9.47 Å². The summed E-state index contributed by atoms with van der Waals surface area (Å²) in [6.45, 7) is 0.166. The first kappa shape index (κ1) is 25.5. The van der Waals surface area contributed by atoms with Gasteiger partial charge in [-0.1, -0.05) is 30.3 Å². The summed E-state index contributed by atoms with van der Waals surface area (Å²) in [5.41, 5.74) is 1.64. The van der Waals surface area contributed by atoms with E-state index in [4.69, 9.17) is 24.1 Å². The molecule has 2 unspecified atom stereocenters. The number of halogens is 1. The third kappa shape index (κ3) is 7.70. The molecule has 0 aliphatic carbocycles. The Balaban J connectivity index is 0.000000245. The van der Waals surface area contributed by atoms with Gasteiger partial charge < -0.3 is 34.3 Å². The van der Waals surface area contributed by atoms with Crippen LogP contribution in [0.15, 0.2) is 48.5 Å². The fourth-order valence-corrected chi connectivity index (χ4v) is 3.33. The number of benzene rings is 2. The Bertz CT molecular complexity index is 816. The number of aliphatic hydroxyl groups excluding tert-OH is 3. The zero-order valence-electron chi connectivity index (χ0n) is 17.3. The zero-order valence-corrected chi connectivity index (χ0v) is 19.5. The van der Waals surface area contributed by atoms with Gasteiger partial charge >= 0.3 is 0 Å². The van der Waals surface area contributed by atoms with Gasteiger partial charge in [0.2, 0.25) is 3.79 Å². The molecule has 8 nitrogen and oxygen atoms in total. The van der Waals surface area contributed by atoms with Gasteiger partial charge in [-0.2, -0.15) is 0 Å². The molecule has 1 saturated heterocycles. The molecule has 1 fully saturated rings. The molecule has 3 rings (SSSR count). The fourth-order valence-electron chi connectivity index (χ4n) is 2.88. The quantitative estimate of drug-likeness (QED) is 0.358. The molecule has 0 radical (unpaired) electrons. The van der Waals surface area contributed by atoms with Gasteiger partial charge in [0.1, 0.15) is 30.3 Å². The van der Waals surface area contributed by atoms with Crippen LogP contribution in [0.5, 0.6) is 11.5 Å². The summed E-state index contributed by atoms with van der Waals surface area (Å²) in [5, 5.41) is 27.3. The van der Waals surface area contributed by atoms with Crippen molar-refractivity contribution in [2.75, 3.05) is 20.8 Å². The van der Waals surface area contributed by atoms with E-state index < -0.39 is 24.6 Å². The van der Waals surface area contributed by atoms with Crippen molar-refractivity contribution in [3.63, 3.8) is 0 Å². The van der Waals surface area contributed by atoms with Crippen LogP contribution in [0.1, 0.15) is 22.3 Å². The molecular formula is C22H27IO8. The zero-order chi connectivity index (χ0) is 22.8. The first-order valence-corrected chi connectivity index (χ1v) is 10.7. The number of hydrogen-bond acceptors (Lipinski definition) is 8. The number of aliphatic hydroxyl groups is 3. The van der Waals surface area contributed by atoms with Crippen molar-refractivity contribution >= 4 is 26.4 Å². The SMILES string of the molecule is CO[C@@H]1CC(O)[C@H](O)C(CO)O1.COc1cc(OCc2ccccc2)ccc1C(=O)I. The van der Waals surface area contributed by atoms with Gasteiger partial charge in [-0.3, -0.25) is 4.79 Å². The third-order valence-electron chi connectivity index (χ3n) is 4.61. The fraction of sp³-hybridized carbons (Fsp3) is 0.409. The van der Waals surface area contributed by atoms with Crippen molar-refractivity contribution in [3.05, 3.63) is 59.7 Å². The molecule has 9 heteroatoms. The molecule has 3 N–H and O–H groups in total. The van der Waals surface area contributed by atoms with Crippen LogP contribution in [0.4, 0.5) is 0 Å². The van der Waals surface area contributed by atoms with Gasteiger partial charge in [0.15, 0.2) is 6.29 Å². The number of rotatable bonds is 7. The predicted molar refractivity (Wildman–Crippen MR) is 122 cm³/mol. The lowest BCUT2D eigenvalue weighted by Gasteiger charge is -2.35. The summed E-state index contributed by atoms with van der Waals surface area (Å²) < 4.78 is 20.7. The van der Waals surface area contributed by atoms with Gasteiger partial charge in [0.25, 0.3) is 0 Å². The Labute approximate surface area is 194 Å². The summed E-state index contributed by atoms with van der Waals surface area (Å²) in [6, 6.07) is 15.1. The van der Waals surface area contributed by atoms with Crippen LogP contribution in [0.3, 0.4) is 0 Å². The molecule has 0 spiro atoms. The van der Waals surface area contributed by atoms with Crippen molar-refractivity contribution in [3.8, 4) is 11.5 Å². The van der Waals surface area contributed by atoms with Crippen LogP contribution in [-0.4, -0.2) is 64.5 Å². The average Bonchev–Trinajstić information content (AvgIpc) is 2.80. The second-order valence-corrected chi connectivity index (χ2v) is 7.71. The number of methoxy groups -OCH3 is 2. The highest BCUT2D eigenvalue weighted by molar-refractivity contribution is 14.1. The molecule has 1 aliphatic rings. The molecule has 1 aliphatic heterocycles. The maximum atomic E-state index is 11.4. The van der Waals surface area contributed by atoms with Crippen LogP contribution >= 0.6 is 22.6 Å². The predicted octanol–water partition coefficient (Wildman–Crippen LogP) is 2.31. The smallest absolute Gasteiger partial charge is 0.226 e. The minimum atomic E-state index is -1.03. The standard InChI is InChI=1S/C15H13IO3.C7H14O5/c1-18-14-9-12(7-8-13(14)15(16)17)19-10-11-5-3-2-4-6-11;1-11-6-2-4(9)7(10)5(3-8)12-6/h2-9H,10H2,1H3;4-10H,2-3H2,1H3/t;4?,5?,6-,7-/m.0/s1. The van der Waals surface area contributed by atoms with Gasteiger partial charge in [0, 0.05) is 42.2 Å². The number of carbonyl (C=O) groups excluding carboxylic acids is 1. The first-order chi connectivity index (χ1) is 14.9. The van der Waals surface area contributed by atoms with E-state index in [1.807, 2.05) is 30.3 Å². The highest BCUT2D eigenvalue weighted by Crippen LogP contribution is 2.27. The monoisotopic (exact) mass is 546 g/mol. The Kier molecular flexibility index (Phi) is 10.6. The molecule has 170 valence electrons. The van der Waals surface area contributed by atoms with Crippen molar-refractivity contribution in [2.45, 2.75) is 37.6 Å². The molecular weight excluding hydrogens is 519 g/mol. The summed E-state index contributed by atoms with van der Waals surface area (Å²) >= 11 is 1.74. The van der Waals surface area contributed by atoms with E-state index in [9.17, 15) is 15.0 Å². The van der Waals surface area contributed by atoms with Crippen LogP contribution in [0, 0.1) is 0 Å².